The van der Waals surface area contributed by atoms with Crippen molar-refractivity contribution >= 4 is 53.4 Å². The molecule has 3 fully saturated rings. The number of hydrogen-bond donors (Lipinski definition) is 1. The Balaban J connectivity index is 0.000000214. The number of aliphatic imine (C=N–C) groups is 3. The van der Waals surface area contributed by atoms with Gasteiger partial charge in [-0.05, 0) is 44.4 Å². The summed E-state index contributed by atoms with van der Waals surface area (Å²) in [5.74, 6) is 1.95. The number of phenolic OH excluding ortho intramolecular Hbond substituents is 1. The van der Waals surface area contributed by atoms with E-state index >= 15 is 0 Å². The number of carbonyl (C=O) groups excluding carboxylic acids is 3. The van der Waals surface area contributed by atoms with Crippen LogP contribution in [-0.2, 0) is 0 Å². The Labute approximate surface area is 353 Å². The van der Waals surface area contributed by atoms with E-state index in [2.05, 4.69) is 28.1 Å². The first kappa shape index (κ1) is 40.9. The summed E-state index contributed by atoms with van der Waals surface area (Å²) in [6.45, 7) is 12.4. The summed E-state index contributed by atoms with van der Waals surface area (Å²) in [5.41, 5.74) is 6.30. The van der Waals surface area contributed by atoms with Crippen LogP contribution in [0.4, 0.5) is 17.1 Å². The van der Waals surface area contributed by atoms with Gasteiger partial charge in [-0.3, -0.25) is 29.4 Å². The van der Waals surface area contributed by atoms with Crippen LogP contribution in [0, 0.1) is 0 Å². The lowest BCUT2D eigenvalue weighted by Crippen LogP contribution is -2.35. The lowest BCUT2D eigenvalue weighted by molar-refractivity contribution is 0.0769. The van der Waals surface area contributed by atoms with Gasteiger partial charge in [-0.15, -0.1) is 0 Å². The SMILES string of the molecule is C/C=C1\C[C@H]2C=Nc3cc(O)c(OC)cc3C(=O)N2C1.C=C1C[C@H]2C=Nc3cc(OCCCOc4cc5c(cc4OC)C(=O)N4CC(=C)C[C@H]4C=N5)c(OC)cc3C(=O)N2C1. The quantitative estimate of drug-likeness (QED) is 0.180. The van der Waals surface area contributed by atoms with Gasteiger partial charge in [0.2, 0.25) is 0 Å². The number of phenols is 1. The first-order valence-electron chi connectivity index (χ1n) is 20.1. The molecule has 3 aromatic rings. The zero-order valence-corrected chi connectivity index (χ0v) is 34.7. The smallest absolute Gasteiger partial charge is 0.257 e. The fourth-order valence-electron chi connectivity index (χ4n) is 8.30. The summed E-state index contributed by atoms with van der Waals surface area (Å²) in [6, 6.07) is 9.72. The third-order valence-electron chi connectivity index (χ3n) is 11.5. The molecule has 3 amide bonds. The Hall–Kier alpha value is -6.90. The van der Waals surface area contributed by atoms with E-state index in [0.29, 0.717) is 96.0 Å². The average Bonchev–Trinajstić information content (AvgIpc) is 3.92. The van der Waals surface area contributed by atoms with Gasteiger partial charge in [0.1, 0.15) is 0 Å². The molecule has 6 aliphatic rings. The summed E-state index contributed by atoms with van der Waals surface area (Å²) >= 11 is 0. The number of fused-ring (bicyclic) bond motifs is 6. The fourth-order valence-corrected chi connectivity index (χ4v) is 8.30. The van der Waals surface area contributed by atoms with E-state index in [1.807, 2.05) is 13.0 Å². The van der Waals surface area contributed by atoms with Gasteiger partial charge in [0.15, 0.2) is 34.5 Å². The van der Waals surface area contributed by atoms with Crippen molar-refractivity contribution in [2.24, 2.45) is 15.0 Å². The number of allylic oxidation sites excluding steroid dienone is 1. The maximum Gasteiger partial charge on any atom is 0.257 e. The number of amides is 3. The first-order valence-corrected chi connectivity index (χ1v) is 20.1. The van der Waals surface area contributed by atoms with Crippen molar-refractivity contribution in [2.45, 2.75) is 50.7 Å². The van der Waals surface area contributed by atoms with Crippen LogP contribution >= 0.6 is 0 Å². The number of aromatic hydroxyl groups is 1. The predicted molar refractivity (Wildman–Crippen MR) is 231 cm³/mol. The highest BCUT2D eigenvalue weighted by Crippen LogP contribution is 2.41. The molecule has 0 spiro atoms. The van der Waals surface area contributed by atoms with E-state index in [-0.39, 0.29) is 47.3 Å². The fraction of sp³-hybridized carbons (Fsp3) is 0.348. The molecule has 316 valence electrons. The van der Waals surface area contributed by atoms with Crippen molar-refractivity contribution in [3.05, 3.63) is 89.0 Å². The number of hydrogen-bond acceptors (Lipinski definition) is 12. The topological polar surface area (TPSA) is 164 Å². The maximum absolute atomic E-state index is 13.2. The molecule has 6 aliphatic heterocycles. The molecule has 0 radical (unpaired) electrons. The van der Waals surface area contributed by atoms with Crippen LogP contribution in [0.15, 0.2) is 87.3 Å². The van der Waals surface area contributed by atoms with Crippen LogP contribution in [0.5, 0.6) is 34.5 Å². The molecule has 15 nitrogen and oxygen atoms in total. The standard InChI is InChI=1S/C31H32N4O6.C15H16N2O3/c1-18-8-20-14-32-24-12-28(26(38-3)10-22(24)30(36)34(20)16-18)40-6-5-7-41-29-13-25-23(11-27(29)39-4)31(37)35-17-19(2)9-21(35)15-33-25;1-3-9-4-10-7-16-12-6-13(18)14(20-2)5-11(12)15(19)17(10)8-9/h10-15,20-21H,1-2,5-9,16-17H2,3-4H3;3,5-7,10,18H,4,8H2,1-2H3/b;9-3+/t20-,21-;10-/m00/s1. The largest absolute Gasteiger partial charge is 0.504 e. The minimum Gasteiger partial charge on any atom is -0.504 e. The normalized spacial score (nSPS) is 21.4. The van der Waals surface area contributed by atoms with Gasteiger partial charge in [0, 0.05) is 62.9 Å². The summed E-state index contributed by atoms with van der Waals surface area (Å²) in [4.78, 5) is 57.9. The first-order chi connectivity index (χ1) is 29.5. The predicted octanol–water partition coefficient (Wildman–Crippen LogP) is 6.80. The number of carbonyl (C=O) groups is 3. The van der Waals surface area contributed by atoms with E-state index in [4.69, 9.17) is 23.7 Å². The summed E-state index contributed by atoms with van der Waals surface area (Å²) < 4.78 is 28.2. The van der Waals surface area contributed by atoms with Crippen LogP contribution in [0.1, 0.15) is 63.7 Å². The third kappa shape index (κ3) is 7.95. The van der Waals surface area contributed by atoms with Crippen molar-refractivity contribution in [1.82, 2.24) is 14.7 Å². The summed E-state index contributed by atoms with van der Waals surface area (Å²) in [7, 11) is 4.55. The number of benzene rings is 3. The highest BCUT2D eigenvalue weighted by atomic mass is 16.5. The van der Waals surface area contributed by atoms with Crippen LogP contribution < -0.4 is 23.7 Å². The molecule has 6 heterocycles. The van der Waals surface area contributed by atoms with Crippen molar-refractivity contribution in [2.75, 3.05) is 54.2 Å². The van der Waals surface area contributed by atoms with E-state index in [1.165, 1.54) is 18.7 Å². The highest BCUT2D eigenvalue weighted by molar-refractivity contribution is 6.05. The zero-order valence-electron chi connectivity index (χ0n) is 34.7. The Morgan fingerprint density at radius 1 is 0.607 bits per heavy atom. The van der Waals surface area contributed by atoms with E-state index < -0.39 is 0 Å². The molecule has 3 atom stereocenters. The number of nitrogens with zero attached hydrogens (tertiary/aromatic N) is 6. The molecule has 15 heteroatoms. The van der Waals surface area contributed by atoms with Crippen LogP contribution in [0.25, 0.3) is 0 Å². The van der Waals surface area contributed by atoms with E-state index in [0.717, 1.165) is 30.4 Å². The molecule has 3 saturated heterocycles. The van der Waals surface area contributed by atoms with Gasteiger partial charge < -0.3 is 43.5 Å². The molecule has 0 bridgehead atoms. The van der Waals surface area contributed by atoms with Gasteiger partial charge in [0.05, 0.1) is 86.4 Å². The molecule has 0 aliphatic carbocycles. The van der Waals surface area contributed by atoms with E-state index in [9.17, 15) is 19.5 Å². The molecule has 0 unspecified atom stereocenters. The Bertz CT molecular complexity index is 2340. The van der Waals surface area contributed by atoms with Gasteiger partial charge in [-0.2, -0.15) is 0 Å². The molecule has 1 N–H and O–H groups in total. The molecule has 0 aromatic heterocycles. The molecule has 61 heavy (non-hydrogen) atoms. The van der Waals surface area contributed by atoms with Crippen LogP contribution in [0.3, 0.4) is 0 Å². The second-order valence-electron chi connectivity index (χ2n) is 15.5. The zero-order chi connectivity index (χ0) is 42.9. The minimum absolute atomic E-state index is 0.00534. The van der Waals surface area contributed by atoms with Crippen LogP contribution in [-0.4, -0.2) is 128 Å². The van der Waals surface area contributed by atoms with Gasteiger partial charge in [-0.25, -0.2) is 0 Å². The van der Waals surface area contributed by atoms with Crippen molar-refractivity contribution in [1.29, 1.82) is 0 Å². The third-order valence-corrected chi connectivity index (χ3v) is 11.5. The Kier molecular flexibility index (Phi) is 11.4. The molecule has 0 saturated carbocycles. The Morgan fingerprint density at radius 3 is 1.46 bits per heavy atom. The molecular weight excluding hydrogens is 781 g/mol. The summed E-state index contributed by atoms with van der Waals surface area (Å²) in [6.07, 6.45) is 10.3. The molecule has 3 aromatic carbocycles. The van der Waals surface area contributed by atoms with Gasteiger partial charge in [-0.1, -0.05) is 36.0 Å². The van der Waals surface area contributed by atoms with Gasteiger partial charge in [0.25, 0.3) is 17.7 Å². The monoisotopic (exact) mass is 828 g/mol. The molecular formula is C46H48N6O9. The lowest BCUT2D eigenvalue weighted by atomic mass is 10.1. The summed E-state index contributed by atoms with van der Waals surface area (Å²) in [5, 5.41) is 9.79. The second kappa shape index (κ2) is 17.0. The second-order valence-corrected chi connectivity index (χ2v) is 15.5. The highest BCUT2D eigenvalue weighted by Gasteiger charge is 2.37. The van der Waals surface area contributed by atoms with Crippen molar-refractivity contribution in [3.8, 4) is 34.5 Å². The maximum atomic E-state index is 13.2. The number of rotatable bonds is 9. The Morgan fingerprint density at radius 2 is 1.02 bits per heavy atom. The van der Waals surface area contributed by atoms with Gasteiger partial charge >= 0.3 is 0 Å². The molecule has 9 rings (SSSR count). The van der Waals surface area contributed by atoms with Crippen LogP contribution in [0.2, 0.25) is 0 Å². The number of methoxy groups -OCH3 is 3. The van der Waals surface area contributed by atoms with E-state index in [1.54, 1.807) is 77.9 Å². The van der Waals surface area contributed by atoms with Crippen molar-refractivity contribution < 1.29 is 43.2 Å². The minimum atomic E-state index is -0.0917. The number of ether oxygens (including phenoxy) is 5. The average molecular weight is 829 g/mol. The lowest BCUT2D eigenvalue weighted by Gasteiger charge is -2.20. The van der Waals surface area contributed by atoms with Crippen molar-refractivity contribution in [3.63, 3.8) is 0 Å².